The lowest BCUT2D eigenvalue weighted by molar-refractivity contribution is 0.0684. The SMILES string of the molecule is O=C(O)c1nc2c(-c3ccccc3)nccn2n1. The van der Waals surface area contributed by atoms with Gasteiger partial charge in [-0.05, 0) is 0 Å². The molecule has 0 fully saturated rings. The first-order valence-corrected chi connectivity index (χ1v) is 5.26. The molecule has 1 aromatic carbocycles. The van der Waals surface area contributed by atoms with Crippen LogP contribution in [0.4, 0.5) is 0 Å². The van der Waals surface area contributed by atoms with E-state index < -0.39 is 5.97 Å². The van der Waals surface area contributed by atoms with Crippen molar-refractivity contribution < 1.29 is 9.90 Å². The van der Waals surface area contributed by atoms with Gasteiger partial charge in [0, 0.05) is 18.0 Å². The van der Waals surface area contributed by atoms with E-state index >= 15 is 0 Å². The number of nitrogens with zero attached hydrogens (tertiary/aromatic N) is 4. The van der Waals surface area contributed by atoms with Crippen molar-refractivity contribution >= 4 is 11.6 Å². The number of hydrogen-bond acceptors (Lipinski definition) is 4. The molecule has 0 spiro atoms. The van der Waals surface area contributed by atoms with E-state index in [1.165, 1.54) is 4.52 Å². The van der Waals surface area contributed by atoms with E-state index in [4.69, 9.17) is 5.11 Å². The molecule has 3 aromatic rings. The molecule has 1 N–H and O–H groups in total. The molecule has 0 saturated heterocycles. The Labute approximate surface area is 102 Å². The summed E-state index contributed by atoms with van der Waals surface area (Å²) in [5.74, 6) is -1.39. The van der Waals surface area contributed by atoms with Gasteiger partial charge in [-0.15, -0.1) is 5.10 Å². The van der Waals surface area contributed by atoms with E-state index in [1.54, 1.807) is 12.4 Å². The Hall–Kier alpha value is -2.76. The maximum absolute atomic E-state index is 10.9. The summed E-state index contributed by atoms with van der Waals surface area (Å²) in [6, 6.07) is 9.44. The number of carbonyl (C=O) groups is 1. The first-order chi connectivity index (χ1) is 8.75. The molecule has 0 aliphatic heterocycles. The smallest absolute Gasteiger partial charge is 0.375 e. The van der Waals surface area contributed by atoms with Crippen LogP contribution < -0.4 is 0 Å². The summed E-state index contributed by atoms with van der Waals surface area (Å²) in [6.07, 6.45) is 3.14. The monoisotopic (exact) mass is 240 g/mol. The van der Waals surface area contributed by atoms with Crippen LogP contribution in [-0.4, -0.2) is 30.7 Å². The van der Waals surface area contributed by atoms with Crippen LogP contribution in [-0.2, 0) is 0 Å². The Morgan fingerprint density at radius 2 is 2.00 bits per heavy atom. The molecular weight excluding hydrogens is 232 g/mol. The maximum Gasteiger partial charge on any atom is 0.375 e. The van der Waals surface area contributed by atoms with Gasteiger partial charge in [0.1, 0.15) is 5.69 Å². The summed E-state index contributed by atoms with van der Waals surface area (Å²) >= 11 is 0. The molecule has 2 aromatic heterocycles. The average Bonchev–Trinajstić information content (AvgIpc) is 2.83. The zero-order valence-corrected chi connectivity index (χ0v) is 9.19. The zero-order valence-electron chi connectivity index (χ0n) is 9.19. The highest BCUT2D eigenvalue weighted by Crippen LogP contribution is 2.20. The van der Waals surface area contributed by atoms with Gasteiger partial charge in [0.15, 0.2) is 5.65 Å². The zero-order chi connectivity index (χ0) is 12.5. The van der Waals surface area contributed by atoms with Crippen molar-refractivity contribution in [2.75, 3.05) is 0 Å². The molecule has 0 radical (unpaired) electrons. The molecule has 0 amide bonds. The van der Waals surface area contributed by atoms with Crippen molar-refractivity contribution in [1.82, 2.24) is 19.6 Å². The first kappa shape index (κ1) is 10.4. The van der Waals surface area contributed by atoms with Crippen molar-refractivity contribution in [1.29, 1.82) is 0 Å². The van der Waals surface area contributed by atoms with Gasteiger partial charge in [-0.25, -0.2) is 9.31 Å². The second kappa shape index (κ2) is 3.92. The van der Waals surface area contributed by atoms with Crippen molar-refractivity contribution in [2.24, 2.45) is 0 Å². The molecule has 3 rings (SSSR count). The van der Waals surface area contributed by atoms with E-state index in [-0.39, 0.29) is 5.82 Å². The molecule has 0 unspecified atom stereocenters. The minimum atomic E-state index is -1.15. The van der Waals surface area contributed by atoms with E-state index in [0.717, 1.165) is 5.56 Å². The van der Waals surface area contributed by atoms with Gasteiger partial charge in [0.25, 0.3) is 5.82 Å². The lowest BCUT2D eigenvalue weighted by atomic mass is 10.1. The molecule has 0 atom stereocenters. The number of hydrogen-bond donors (Lipinski definition) is 1. The highest BCUT2D eigenvalue weighted by molar-refractivity contribution is 5.85. The standard InChI is InChI=1S/C12H8N4O2/c17-12(18)10-14-11-9(8-4-2-1-3-5-8)13-6-7-16(11)15-10/h1-7H,(H,17,18). The predicted octanol–water partition coefficient (Wildman–Crippen LogP) is 1.49. The van der Waals surface area contributed by atoms with Crippen LogP contribution in [0.15, 0.2) is 42.7 Å². The fourth-order valence-electron chi connectivity index (χ4n) is 1.71. The number of aromatic carboxylic acids is 1. The average molecular weight is 240 g/mol. The summed E-state index contributed by atoms with van der Waals surface area (Å²) in [5, 5.41) is 12.8. The molecule has 0 saturated carbocycles. The van der Waals surface area contributed by atoms with Gasteiger partial charge < -0.3 is 5.11 Å². The third-order valence-corrected chi connectivity index (χ3v) is 2.49. The third-order valence-electron chi connectivity index (χ3n) is 2.49. The van der Waals surface area contributed by atoms with Gasteiger partial charge in [-0.2, -0.15) is 4.98 Å². The van der Waals surface area contributed by atoms with Crippen molar-refractivity contribution in [2.45, 2.75) is 0 Å². The number of rotatable bonds is 2. The molecule has 0 aliphatic rings. The minimum Gasteiger partial charge on any atom is -0.475 e. The number of aromatic nitrogens is 4. The Balaban J connectivity index is 2.27. The van der Waals surface area contributed by atoms with Gasteiger partial charge in [-0.3, -0.25) is 4.98 Å². The van der Waals surface area contributed by atoms with Crippen LogP contribution in [0, 0.1) is 0 Å². The van der Waals surface area contributed by atoms with Crippen molar-refractivity contribution in [3.63, 3.8) is 0 Å². The lowest BCUT2D eigenvalue weighted by Gasteiger charge is -2.00. The summed E-state index contributed by atoms with van der Waals surface area (Å²) in [6.45, 7) is 0. The number of benzene rings is 1. The van der Waals surface area contributed by atoms with Gasteiger partial charge in [0.2, 0.25) is 0 Å². The Morgan fingerprint density at radius 1 is 1.22 bits per heavy atom. The topological polar surface area (TPSA) is 80.4 Å². The molecule has 6 heteroatoms. The minimum absolute atomic E-state index is 0.236. The van der Waals surface area contributed by atoms with Gasteiger partial charge in [-0.1, -0.05) is 30.3 Å². The van der Waals surface area contributed by atoms with Gasteiger partial charge in [0.05, 0.1) is 0 Å². The summed E-state index contributed by atoms with van der Waals surface area (Å²) in [5.41, 5.74) is 1.91. The van der Waals surface area contributed by atoms with Gasteiger partial charge >= 0.3 is 5.97 Å². The highest BCUT2D eigenvalue weighted by Gasteiger charge is 2.14. The Kier molecular flexibility index (Phi) is 2.26. The quantitative estimate of drug-likeness (QED) is 0.734. The number of fused-ring (bicyclic) bond motifs is 1. The van der Waals surface area contributed by atoms with Crippen LogP contribution >= 0.6 is 0 Å². The molecule has 18 heavy (non-hydrogen) atoms. The van der Waals surface area contributed by atoms with Crippen LogP contribution in [0.3, 0.4) is 0 Å². The maximum atomic E-state index is 10.9. The fourth-order valence-corrected chi connectivity index (χ4v) is 1.71. The second-order valence-corrected chi connectivity index (χ2v) is 3.65. The van der Waals surface area contributed by atoms with Crippen molar-refractivity contribution in [3.05, 3.63) is 48.5 Å². The van der Waals surface area contributed by atoms with Crippen LogP contribution in [0.1, 0.15) is 10.6 Å². The summed E-state index contributed by atoms with van der Waals surface area (Å²) < 4.78 is 1.42. The largest absolute Gasteiger partial charge is 0.475 e. The molecule has 0 bridgehead atoms. The summed E-state index contributed by atoms with van der Waals surface area (Å²) in [7, 11) is 0. The molecule has 0 aliphatic carbocycles. The van der Waals surface area contributed by atoms with E-state index in [9.17, 15) is 4.79 Å². The summed E-state index contributed by atoms with van der Waals surface area (Å²) in [4.78, 5) is 19.1. The van der Waals surface area contributed by atoms with Crippen molar-refractivity contribution in [3.8, 4) is 11.3 Å². The normalized spacial score (nSPS) is 10.7. The van der Waals surface area contributed by atoms with Crippen LogP contribution in [0.2, 0.25) is 0 Å². The molecule has 6 nitrogen and oxygen atoms in total. The number of carboxylic acid groups (broad SMARTS) is 1. The van der Waals surface area contributed by atoms with Crippen LogP contribution in [0.25, 0.3) is 16.9 Å². The molecular formula is C12H8N4O2. The van der Waals surface area contributed by atoms with E-state index in [1.807, 2.05) is 30.3 Å². The lowest BCUT2D eigenvalue weighted by Crippen LogP contribution is -1.99. The predicted molar refractivity (Wildman–Crippen MR) is 63.2 cm³/mol. The van der Waals surface area contributed by atoms with Crippen LogP contribution in [0.5, 0.6) is 0 Å². The second-order valence-electron chi connectivity index (χ2n) is 3.65. The number of carboxylic acids is 1. The molecule has 2 heterocycles. The van der Waals surface area contributed by atoms with E-state index in [2.05, 4.69) is 15.1 Å². The third kappa shape index (κ3) is 1.60. The fraction of sp³-hybridized carbons (Fsp3) is 0. The highest BCUT2D eigenvalue weighted by atomic mass is 16.4. The first-order valence-electron chi connectivity index (χ1n) is 5.26. The molecule has 88 valence electrons. The van der Waals surface area contributed by atoms with E-state index in [0.29, 0.717) is 11.3 Å². The Bertz CT molecular complexity index is 721. The Morgan fingerprint density at radius 3 is 2.72 bits per heavy atom.